The number of ether oxygens (including phenoxy) is 3. The Bertz CT molecular complexity index is 1460. The first-order valence-corrected chi connectivity index (χ1v) is 12.7. The van der Waals surface area contributed by atoms with Crippen LogP contribution in [0.3, 0.4) is 0 Å². The van der Waals surface area contributed by atoms with E-state index in [1.807, 2.05) is 31.2 Å². The number of aromatic amines is 1. The van der Waals surface area contributed by atoms with E-state index in [4.69, 9.17) is 37.4 Å². The first-order valence-electron chi connectivity index (χ1n) is 11.9. The van der Waals surface area contributed by atoms with Crippen LogP contribution in [-0.4, -0.2) is 41.5 Å². The summed E-state index contributed by atoms with van der Waals surface area (Å²) in [6.07, 6.45) is 4.45. The fourth-order valence-electron chi connectivity index (χ4n) is 4.53. The number of fused-ring (bicyclic) bond motifs is 1. The van der Waals surface area contributed by atoms with Gasteiger partial charge in [0.05, 0.1) is 28.2 Å². The van der Waals surface area contributed by atoms with E-state index in [1.165, 1.54) is 0 Å². The van der Waals surface area contributed by atoms with Gasteiger partial charge in [-0.15, -0.1) is 0 Å². The van der Waals surface area contributed by atoms with Gasteiger partial charge in [-0.05, 0) is 63.2 Å². The summed E-state index contributed by atoms with van der Waals surface area (Å²) in [5, 5.41) is 22.5. The van der Waals surface area contributed by atoms with E-state index in [0.29, 0.717) is 44.1 Å². The number of nitrogens with zero attached hydrogens (tertiary/aromatic N) is 3. The lowest BCUT2D eigenvalue weighted by Gasteiger charge is -2.25. The Morgan fingerprint density at radius 1 is 1.11 bits per heavy atom. The third-order valence-corrected chi connectivity index (χ3v) is 6.99. The van der Waals surface area contributed by atoms with Crippen LogP contribution in [0.15, 0.2) is 42.7 Å². The van der Waals surface area contributed by atoms with Gasteiger partial charge in [-0.3, -0.25) is 10.1 Å². The predicted octanol–water partition coefficient (Wildman–Crippen LogP) is 6.08. The van der Waals surface area contributed by atoms with Crippen molar-refractivity contribution in [2.75, 3.05) is 20.2 Å². The molecular formula is C27H25Cl2N5O3. The number of rotatable bonds is 7. The van der Waals surface area contributed by atoms with Crippen LogP contribution in [0.4, 0.5) is 0 Å². The topological polar surface area (TPSA) is 105 Å². The minimum Gasteiger partial charge on any atom is -0.493 e. The Kier molecular flexibility index (Phi) is 7.38. The lowest BCUT2D eigenvalue weighted by molar-refractivity contribution is 0.156. The number of hydrogen-bond acceptors (Lipinski definition) is 7. The van der Waals surface area contributed by atoms with Gasteiger partial charge in [0.2, 0.25) is 0 Å². The molecule has 1 aliphatic rings. The van der Waals surface area contributed by atoms with Crippen molar-refractivity contribution < 1.29 is 14.2 Å². The molecule has 3 heterocycles. The first kappa shape index (κ1) is 25.2. The highest BCUT2D eigenvalue weighted by Crippen LogP contribution is 2.40. The van der Waals surface area contributed by atoms with E-state index in [9.17, 15) is 5.26 Å². The molecular weight excluding hydrogens is 513 g/mol. The molecule has 1 fully saturated rings. The van der Waals surface area contributed by atoms with Crippen molar-refractivity contribution in [1.29, 1.82) is 5.26 Å². The summed E-state index contributed by atoms with van der Waals surface area (Å²) in [4.78, 5) is 4.00. The van der Waals surface area contributed by atoms with Crippen LogP contribution >= 0.6 is 23.2 Å². The maximum absolute atomic E-state index is 9.93. The Morgan fingerprint density at radius 3 is 2.57 bits per heavy atom. The molecule has 0 saturated carbocycles. The van der Waals surface area contributed by atoms with Gasteiger partial charge < -0.3 is 19.5 Å². The molecule has 0 unspecified atom stereocenters. The number of pyridine rings is 1. The highest BCUT2D eigenvalue weighted by atomic mass is 35.5. The average Bonchev–Trinajstić information content (AvgIpc) is 3.32. The number of hydrogen-bond donors (Lipinski definition) is 2. The third kappa shape index (κ3) is 5.16. The van der Waals surface area contributed by atoms with Crippen molar-refractivity contribution in [3.63, 3.8) is 0 Å². The van der Waals surface area contributed by atoms with Gasteiger partial charge in [0, 0.05) is 28.9 Å². The summed E-state index contributed by atoms with van der Waals surface area (Å²) in [6.45, 7) is 3.64. The Balaban J connectivity index is 1.49. The number of aromatic nitrogens is 3. The zero-order chi connectivity index (χ0) is 25.9. The van der Waals surface area contributed by atoms with Crippen molar-refractivity contribution in [3.05, 3.63) is 63.9 Å². The highest BCUT2D eigenvalue weighted by molar-refractivity contribution is 6.35. The monoisotopic (exact) mass is 537 g/mol. The maximum atomic E-state index is 9.93. The molecule has 190 valence electrons. The molecule has 0 radical (unpaired) electrons. The van der Waals surface area contributed by atoms with Crippen molar-refractivity contribution in [2.45, 2.75) is 32.0 Å². The molecule has 8 nitrogen and oxygen atoms in total. The second-order valence-electron chi connectivity index (χ2n) is 8.79. The number of halogens is 2. The summed E-state index contributed by atoms with van der Waals surface area (Å²) < 4.78 is 18.0. The zero-order valence-corrected chi connectivity index (χ0v) is 21.9. The molecule has 0 spiro atoms. The third-order valence-electron chi connectivity index (χ3n) is 6.38. The molecule has 1 atom stereocenters. The number of benzene rings is 2. The second-order valence-corrected chi connectivity index (χ2v) is 9.61. The van der Waals surface area contributed by atoms with Crippen molar-refractivity contribution in [1.82, 2.24) is 20.5 Å². The fourth-order valence-corrected chi connectivity index (χ4v) is 5.21. The molecule has 37 heavy (non-hydrogen) atoms. The molecule has 10 heteroatoms. The van der Waals surface area contributed by atoms with Crippen LogP contribution in [0.25, 0.3) is 22.2 Å². The largest absolute Gasteiger partial charge is 0.493 e. The van der Waals surface area contributed by atoms with Crippen LogP contribution in [-0.2, 0) is 0 Å². The van der Waals surface area contributed by atoms with E-state index < -0.39 is 6.10 Å². The van der Waals surface area contributed by atoms with Crippen LogP contribution in [0, 0.1) is 11.3 Å². The van der Waals surface area contributed by atoms with E-state index in [0.717, 1.165) is 42.4 Å². The van der Waals surface area contributed by atoms with Gasteiger partial charge in [0.25, 0.3) is 0 Å². The molecule has 1 aliphatic heterocycles. The Labute approximate surface area is 224 Å². The number of piperidine rings is 1. The van der Waals surface area contributed by atoms with Crippen molar-refractivity contribution in [2.24, 2.45) is 0 Å². The number of H-pyrrole nitrogens is 1. The van der Waals surface area contributed by atoms with E-state index in [1.54, 1.807) is 25.6 Å². The first-order chi connectivity index (χ1) is 18.0. The van der Waals surface area contributed by atoms with Gasteiger partial charge in [-0.2, -0.15) is 10.4 Å². The molecule has 1 saturated heterocycles. The lowest BCUT2D eigenvalue weighted by Crippen LogP contribution is -2.34. The van der Waals surface area contributed by atoms with Gasteiger partial charge in [0.1, 0.15) is 29.7 Å². The fraction of sp³-hybridized carbons (Fsp3) is 0.296. The van der Waals surface area contributed by atoms with Crippen LogP contribution in [0.2, 0.25) is 10.0 Å². The van der Waals surface area contributed by atoms with Crippen LogP contribution in [0.5, 0.6) is 17.2 Å². The minimum absolute atomic E-state index is 0.0309. The van der Waals surface area contributed by atoms with Gasteiger partial charge in [-0.25, -0.2) is 0 Å². The summed E-state index contributed by atoms with van der Waals surface area (Å²) in [5.41, 5.74) is 3.27. The Hall–Kier alpha value is -3.51. The van der Waals surface area contributed by atoms with Crippen molar-refractivity contribution in [3.8, 4) is 34.6 Å². The maximum Gasteiger partial charge on any atom is 0.179 e. The average molecular weight is 538 g/mol. The predicted molar refractivity (Wildman–Crippen MR) is 143 cm³/mol. The van der Waals surface area contributed by atoms with E-state index >= 15 is 0 Å². The molecule has 2 aromatic heterocycles. The van der Waals surface area contributed by atoms with Crippen LogP contribution < -0.4 is 19.5 Å². The lowest BCUT2D eigenvalue weighted by atomic mass is 10.0. The number of nitrogens with one attached hydrogen (secondary N) is 2. The van der Waals surface area contributed by atoms with Gasteiger partial charge in [-0.1, -0.05) is 23.2 Å². The second kappa shape index (κ2) is 10.9. The molecule has 2 N–H and O–H groups in total. The molecule has 4 aromatic rings. The molecule has 0 bridgehead atoms. The molecule has 0 aliphatic carbocycles. The summed E-state index contributed by atoms with van der Waals surface area (Å²) in [5.74, 6) is 1.57. The molecule has 0 amide bonds. The van der Waals surface area contributed by atoms with Crippen LogP contribution in [0.1, 0.15) is 37.0 Å². The SMILES string of the molecule is COc1cc(-c2n[nH]c3ccc(O[C@H](C)c4c(Cl)cncc4Cl)cc23)cc(C#N)c1OC1CCNCC1. The smallest absolute Gasteiger partial charge is 0.179 e. The Morgan fingerprint density at radius 2 is 1.86 bits per heavy atom. The van der Waals surface area contributed by atoms with E-state index in [-0.39, 0.29) is 6.10 Å². The van der Waals surface area contributed by atoms with Gasteiger partial charge in [0.15, 0.2) is 11.5 Å². The summed E-state index contributed by atoms with van der Waals surface area (Å²) >= 11 is 12.6. The van der Waals surface area contributed by atoms with E-state index in [2.05, 4.69) is 26.6 Å². The zero-order valence-electron chi connectivity index (χ0n) is 20.3. The van der Waals surface area contributed by atoms with Gasteiger partial charge >= 0.3 is 0 Å². The quantitative estimate of drug-likeness (QED) is 0.294. The normalized spacial score (nSPS) is 14.8. The number of nitriles is 1. The molecule has 5 rings (SSSR count). The highest BCUT2D eigenvalue weighted by Gasteiger charge is 2.22. The summed E-state index contributed by atoms with van der Waals surface area (Å²) in [7, 11) is 1.57. The minimum atomic E-state index is -0.410. The number of methoxy groups -OCH3 is 1. The van der Waals surface area contributed by atoms with Crippen molar-refractivity contribution >= 4 is 34.1 Å². The standard InChI is InChI=1S/C27H25Cl2N5O3/c1-15(25-21(28)13-32-14-22(25)29)36-19-3-4-23-20(11-19)26(34-33-23)16-9-17(12-30)27(24(10-16)35-2)37-18-5-7-31-8-6-18/h3-4,9-11,13-15,18,31H,5-8H2,1-2H3,(H,33,34)/t15-/m1/s1. The summed E-state index contributed by atoms with van der Waals surface area (Å²) in [6, 6.07) is 11.5. The molecule has 2 aromatic carbocycles.